The third-order valence-corrected chi connectivity index (χ3v) is 6.11. The Morgan fingerprint density at radius 3 is 3.18 bits per heavy atom. The fraction of sp³-hybridized carbons (Fsp3) is 0.526. The zero-order valence-corrected chi connectivity index (χ0v) is 16.0. The number of halogens is 1. The molecule has 3 atom stereocenters. The van der Waals surface area contributed by atoms with Gasteiger partial charge in [0.05, 0.1) is 35.1 Å². The lowest BCUT2D eigenvalue weighted by molar-refractivity contribution is 0.0273. The number of ether oxygens (including phenoxy) is 3. The number of H-pyrrole nitrogens is 1. The zero-order chi connectivity index (χ0) is 18.7. The molecule has 2 fully saturated rings. The molecule has 146 valence electrons. The van der Waals surface area contributed by atoms with Crippen molar-refractivity contribution in [2.24, 2.45) is 0 Å². The van der Waals surface area contributed by atoms with Gasteiger partial charge in [-0.05, 0) is 31.7 Å². The molecule has 3 aliphatic rings. The highest BCUT2D eigenvalue weighted by molar-refractivity contribution is 6.33. The largest absolute Gasteiger partial charge is 0.456 e. The van der Waals surface area contributed by atoms with Gasteiger partial charge in [-0.3, -0.25) is 4.68 Å². The molecule has 1 N–H and O–H groups in total. The lowest BCUT2D eigenvalue weighted by atomic mass is 10.0. The van der Waals surface area contributed by atoms with Crippen LogP contribution in [0.4, 0.5) is 0 Å². The summed E-state index contributed by atoms with van der Waals surface area (Å²) in [5, 5.41) is 5.07. The molecule has 1 unspecified atom stereocenters. The van der Waals surface area contributed by atoms with Crippen LogP contribution in [-0.2, 0) is 22.4 Å². The van der Waals surface area contributed by atoms with Gasteiger partial charge in [0.25, 0.3) is 6.01 Å². The van der Waals surface area contributed by atoms with Gasteiger partial charge in [-0.15, -0.1) is 0 Å². The van der Waals surface area contributed by atoms with Gasteiger partial charge in [0.2, 0.25) is 0 Å². The summed E-state index contributed by atoms with van der Waals surface area (Å²) in [6.07, 6.45) is 6.02. The molecule has 3 aromatic rings. The number of hydrogen-bond acceptors (Lipinski definition) is 6. The Kier molecular flexibility index (Phi) is 3.85. The molecule has 0 amide bonds. The molecule has 9 heteroatoms. The minimum atomic E-state index is -0.161. The number of hydrogen-bond donors (Lipinski definition) is 1. The number of rotatable bonds is 3. The van der Waals surface area contributed by atoms with Crippen molar-refractivity contribution in [3.8, 4) is 17.3 Å². The van der Waals surface area contributed by atoms with E-state index in [1.54, 1.807) is 0 Å². The van der Waals surface area contributed by atoms with Crippen molar-refractivity contribution < 1.29 is 14.2 Å². The molecule has 6 heterocycles. The van der Waals surface area contributed by atoms with Crippen LogP contribution in [0.3, 0.4) is 0 Å². The second-order valence-corrected chi connectivity index (χ2v) is 7.98. The van der Waals surface area contributed by atoms with E-state index in [1.165, 1.54) is 5.69 Å². The van der Waals surface area contributed by atoms with Gasteiger partial charge < -0.3 is 19.2 Å². The van der Waals surface area contributed by atoms with E-state index in [0.29, 0.717) is 29.9 Å². The maximum atomic E-state index is 6.56. The van der Waals surface area contributed by atoms with Gasteiger partial charge in [0, 0.05) is 24.4 Å². The number of nitrogens with zero attached hydrogens (tertiary/aromatic N) is 4. The molecule has 3 aliphatic heterocycles. The molecule has 0 saturated carbocycles. The van der Waals surface area contributed by atoms with Crippen molar-refractivity contribution in [2.45, 2.75) is 50.5 Å². The predicted molar refractivity (Wildman–Crippen MR) is 102 cm³/mol. The van der Waals surface area contributed by atoms with Crippen LogP contribution in [0.25, 0.3) is 22.4 Å². The van der Waals surface area contributed by atoms with E-state index in [9.17, 15) is 0 Å². The highest BCUT2D eigenvalue weighted by atomic mass is 35.5. The van der Waals surface area contributed by atoms with Crippen LogP contribution in [0, 0.1) is 0 Å². The van der Waals surface area contributed by atoms with Gasteiger partial charge in [-0.2, -0.15) is 10.1 Å². The minimum Gasteiger partial charge on any atom is -0.456 e. The molecule has 0 aliphatic carbocycles. The van der Waals surface area contributed by atoms with Crippen LogP contribution in [0.2, 0.25) is 5.02 Å². The maximum Gasteiger partial charge on any atom is 0.296 e. The van der Waals surface area contributed by atoms with Crippen molar-refractivity contribution in [3.63, 3.8) is 0 Å². The number of aryl methyl sites for hydroxylation is 1. The summed E-state index contributed by atoms with van der Waals surface area (Å²) in [5.74, 6) is 0. The van der Waals surface area contributed by atoms with Crippen molar-refractivity contribution in [3.05, 3.63) is 23.0 Å². The maximum absolute atomic E-state index is 6.56. The topological polar surface area (TPSA) is 87.1 Å². The SMILES string of the molecule is Clc1cc2[nH]c(OC3CO[C@@H]4CCO[C@H]34)nc2nc1-c1cnn2c1CCCC2. The number of aromatic amines is 1. The van der Waals surface area contributed by atoms with E-state index in [-0.39, 0.29) is 18.3 Å². The smallest absolute Gasteiger partial charge is 0.296 e. The number of nitrogens with one attached hydrogen (secondary N) is 1. The second kappa shape index (κ2) is 6.43. The molecule has 3 aromatic heterocycles. The van der Waals surface area contributed by atoms with Gasteiger partial charge >= 0.3 is 0 Å². The Labute approximate surface area is 166 Å². The summed E-state index contributed by atoms with van der Waals surface area (Å²) in [4.78, 5) is 12.4. The van der Waals surface area contributed by atoms with Gasteiger partial charge in [0.1, 0.15) is 6.10 Å². The van der Waals surface area contributed by atoms with Gasteiger partial charge in [-0.25, -0.2) is 4.98 Å². The molecule has 6 rings (SSSR count). The molecule has 0 bridgehead atoms. The first-order valence-electron chi connectivity index (χ1n) is 9.77. The summed E-state index contributed by atoms with van der Waals surface area (Å²) >= 11 is 6.56. The molecular formula is C19H20ClN5O3. The quantitative estimate of drug-likeness (QED) is 0.726. The molecule has 28 heavy (non-hydrogen) atoms. The first-order valence-corrected chi connectivity index (χ1v) is 10.2. The Bertz CT molecular complexity index is 1050. The fourth-order valence-corrected chi connectivity index (χ4v) is 4.69. The van der Waals surface area contributed by atoms with Crippen molar-refractivity contribution in [1.82, 2.24) is 24.7 Å². The van der Waals surface area contributed by atoms with Crippen LogP contribution in [0.5, 0.6) is 6.01 Å². The van der Waals surface area contributed by atoms with Crippen LogP contribution in [0.1, 0.15) is 25.0 Å². The summed E-state index contributed by atoms with van der Waals surface area (Å²) in [5.41, 5.74) is 4.22. The molecule has 0 spiro atoms. The van der Waals surface area contributed by atoms with Crippen LogP contribution < -0.4 is 4.74 Å². The number of fused-ring (bicyclic) bond motifs is 3. The first-order chi connectivity index (χ1) is 13.8. The van der Waals surface area contributed by atoms with Gasteiger partial charge in [-0.1, -0.05) is 11.6 Å². The predicted octanol–water partition coefficient (Wildman–Crippen LogP) is 2.75. The Morgan fingerprint density at radius 1 is 1.25 bits per heavy atom. The van der Waals surface area contributed by atoms with Gasteiger partial charge in [0.15, 0.2) is 11.8 Å². The molecule has 0 radical (unpaired) electrons. The van der Waals surface area contributed by atoms with Crippen LogP contribution in [-0.4, -0.2) is 56.3 Å². The Hall–Kier alpha value is -2.16. The van der Waals surface area contributed by atoms with E-state index in [1.807, 2.05) is 12.3 Å². The number of imidazole rings is 1. The zero-order valence-electron chi connectivity index (χ0n) is 15.2. The highest BCUT2D eigenvalue weighted by Crippen LogP contribution is 2.34. The fourth-order valence-electron chi connectivity index (χ4n) is 4.43. The lowest BCUT2D eigenvalue weighted by Crippen LogP contribution is -2.32. The average Bonchev–Trinajstić information content (AvgIpc) is 3.45. The summed E-state index contributed by atoms with van der Waals surface area (Å²) in [6.45, 7) is 2.17. The highest BCUT2D eigenvalue weighted by Gasteiger charge is 2.43. The third kappa shape index (κ3) is 2.62. The normalized spacial score (nSPS) is 26.5. The number of pyridine rings is 1. The summed E-state index contributed by atoms with van der Waals surface area (Å²) in [6, 6.07) is 2.27. The van der Waals surface area contributed by atoms with Crippen molar-refractivity contribution >= 4 is 22.8 Å². The molecule has 0 aromatic carbocycles. The second-order valence-electron chi connectivity index (χ2n) is 7.57. The van der Waals surface area contributed by atoms with E-state index in [2.05, 4.69) is 19.7 Å². The van der Waals surface area contributed by atoms with Crippen LogP contribution in [0.15, 0.2) is 12.3 Å². The Morgan fingerprint density at radius 2 is 2.21 bits per heavy atom. The van der Waals surface area contributed by atoms with Crippen LogP contribution >= 0.6 is 11.6 Å². The molecule has 8 nitrogen and oxygen atoms in total. The van der Waals surface area contributed by atoms with E-state index in [0.717, 1.165) is 49.0 Å². The third-order valence-electron chi connectivity index (χ3n) is 5.83. The summed E-state index contributed by atoms with van der Waals surface area (Å²) < 4.78 is 19.5. The van der Waals surface area contributed by atoms with Crippen molar-refractivity contribution in [1.29, 1.82) is 0 Å². The van der Waals surface area contributed by atoms with E-state index < -0.39 is 0 Å². The Balaban J connectivity index is 1.33. The lowest BCUT2D eigenvalue weighted by Gasteiger charge is -2.15. The first kappa shape index (κ1) is 16.8. The van der Waals surface area contributed by atoms with E-state index in [4.69, 9.17) is 30.8 Å². The summed E-state index contributed by atoms with van der Waals surface area (Å²) in [7, 11) is 0. The molecule has 2 saturated heterocycles. The van der Waals surface area contributed by atoms with E-state index >= 15 is 0 Å². The average molecular weight is 402 g/mol. The number of aromatic nitrogens is 5. The monoisotopic (exact) mass is 401 g/mol. The molecular weight excluding hydrogens is 382 g/mol. The minimum absolute atomic E-state index is 0.0285. The standard InChI is InChI=1S/C19H20ClN5O3/c20-11-7-12-18(23-16(11)10-8-21-25-5-2-1-3-13(10)25)24-19(22-12)28-15-9-27-14-4-6-26-17(14)15/h7-8,14-15,17H,1-6,9H2,(H,22,23,24)/t14-,15?,17+/m1/s1. The van der Waals surface area contributed by atoms with Crippen molar-refractivity contribution in [2.75, 3.05) is 13.2 Å².